The molecule has 0 aromatic heterocycles. The highest BCUT2D eigenvalue weighted by Crippen LogP contribution is 2.55. The molecule has 0 aliphatic heterocycles. The lowest BCUT2D eigenvalue weighted by molar-refractivity contribution is -0.00000712. The smallest absolute Gasteiger partial charge is 0.145 e. The predicted octanol–water partition coefficient (Wildman–Crippen LogP) is 3.72. The summed E-state index contributed by atoms with van der Waals surface area (Å²) in [4.78, 5) is 4.83. The molecule has 5 aromatic rings. The largest absolute Gasteiger partial charge is 1.00 e. The summed E-state index contributed by atoms with van der Waals surface area (Å²) in [6, 6.07) is 46.2. The number of methoxy groups -OCH3 is 1. The van der Waals surface area contributed by atoms with E-state index in [0.717, 1.165) is 17.0 Å². The molecule has 5 heteroatoms. The Bertz CT molecular complexity index is 1360. The molecule has 0 saturated heterocycles. The maximum Gasteiger partial charge on any atom is 0.145 e. The van der Waals surface area contributed by atoms with Crippen molar-refractivity contribution in [2.75, 3.05) is 7.11 Å². The van der Waals surface area contributed by atoms with Crippen molar-refractivity contribution in [3.8, 4) is 5.75 Å². The lowest BCUT2D eigenvalue weighted by atomic mass is 10.2. The Labute approximate surface area is 234 Å². The van der Waals surface area contributed by atoms with Crippen LogP contribution >= 0.6 is 18.9 Å². The Morgan fingerprint density at radius 2 is 1.14 bits per heavy atom. The molecule has 0 fully saturated rings. The van der Waals surface area contributed by atoms with Crippen molar-refractivity contribution in [3.63, 3.8) is 0 Å². The summed E-state index contributed by atoms with van der Waals surface area (Å²) in [5.41, 5.74) is 1.90. The maximum absolute atomic E-state index is 6.70. The van der Waals surface area contributed by atoms with Crippen LogP contribution in [-0.2, 0) is 0 Å². The second-order valence-electron chi connectivity index (χ2n) is 8.34. The van der Waals surface area contributed by atoms with Crippen LogP contribution in [0.15, 0.2) is 138 Å². The molecule has 5 aromatic carbocycles. The number of nitrogens with zero attached hydrogens (tertiary/aromatic N) is 1. The molecule has 0 bridgehead atoms. The van der Waals surface area contributed by atoms with E-state index in [1.54, 1.807) is 7.11 Å². The number of rotatable bonds is 7. The lowest BCUT2D eigenvalue weighted by Crippen LogP contribution is -3.00. The van der Waals surface area contributed by atoms with E-state index in [2.05, 4.69) is 103 Å². The molecular weight excluding hydrogens is 561 g/mol. The Hall–Kier alpha value is -3.23. The zero-order valence-corrected chi connectivity index (χ0v) is 23.6. The number of benzene rings is 5. The zero-order chi connectivity index (χ0) is 24.8. The molecule has 0 heterocycles. The Kier molecular flexibility index (Phi) is 8.95. The minimum atomic E-state index is -2.30. The first-order valence-electron chi connectivity index (χ1n) is 11.8. The normalized spacial score (nSPS) is 11.2. The molecule has 0 saturated carbocycles. The molecule has 0 N–H and O–H groups in total. The summed E-state index contributed by atoms with van der Waals surface area (Å²) in [5, 5.41) is 5.69. The monoisotopic (exact) mass is 585 g/mol. The molecular formula is C32H26BrClNOP. The summed E-state index contributed by atoms with van der Waals surface area (Å²) in [6.45, 7) is 0. The van der Waals surface area contributed by atoms with Gasteiger partial charge in [0.25, 0.3) is 0 Å². The van der Waals surface area contributed by atoms with Gasteiger partial charge in [-0.1, -0.05) is 66.2 Å². The van der Waals surface area contributed by atoms with Crippen molar-refractivity contribution in [1.82, 2.24) is 0 Å². The lowest BCUT2D eigenvalue weighted by Gasteiger charge is -2.28. The first-order valence-corrected chi connectivity index (χ1v) is 13.9. The van der Waals surface area contributed by atoms with Gasteiger partial charge in [-0.05, 0) is 72.8 Å². The van der Waals surface area contributed by atoms with Gasteiger partial charge in [-0.2, -0.15) is 0 Å². The second-order valence-corrected chi connectivity index (χ2v) is 12.1. The van der Waals surface area contributed by atoms with Gasteiger partial charge >= 0.3 is 0 Å². The van der Waals surface area contributed by atoms with Gasteiger partial charge in [-0.3, -0.25) is 4.99 Å². The van der Waals surface area contributed by atoms with Crippen LogP contribution in [0.5, 0.6) is 5.75 Å². The Morgan fingerprint density at radius 3 is 1.59 bits per heavy atom. The molecule has 0 atom stereocenters. The highest BCUT2D eigenvalue weighted by molar-refractivity contribution is 8.01. The van der Waals surface area contributed by atoms with E-state index in [0.29, 0.717) is 5.02 Å². The van der Waals surface area contributed by atoms with E-state index in [9.17, 15) is 0 Å². The average molecular weight is 587 g/mol. The number of halogens is 2. The van der Waals surface area contributed by atoms with Crippen molar-refractivity contribution in [2.24, 2.45) is 4.99 Å². The van der Waals surface area contributed by atoms with Gasteiger partial charge in [-0.15, -0.1) is 0 Å². The van der Waals surface area contributed by atoms with Crippen molar-refractivity contribution in [1.29, 1.82) is 0 Å². The Morgan fingerprint density at radius 1 is 0.649 bits per heavy atom. The number of hydrogen-bond acceptors (Lipinski definition) is 2. The van der Waals surface area contributed by atoms with Gasteiger partial charge in [0.1, 0.15) is 34.2 Å². The van der Waals surface area contributed by atoms with Crippen LogP contribution in [0.3, 0.4) is 0 Å². The van der Waals surface area contributed by atoms with Crippen molar-refractivity contribution in [2.45, 2.75) is 0 Å². The van der Waals surface area contributed by atoms with Gasteiger partial charge < -0.3 is 21.7 Å². The number of ether oxygens (including phenoxy) is 1. The molecule has 0 aliphatic rings. The fraction of sp³-hybridized carbons (Fsp3) is 0.0312. The third-order valence-electron chi connectivity index (χ3n) is 6.21. The molecule has 37 heavy (non-hydrogen) atoms. The molecule has 0 unspecified atom stereocenters. The molecule has 0 spiro atoms. The zero-order valence-electron chi connectivity index (χ0n) is 20.3. The summed E-state index contributed by atoms with van der Waals surface area (Å²) < 4.78 is 5.29. The minimum Gasteiger partial charge on any atom is -1.00 e. The van der Waals surface area contributed by atoms with Gasteiger partial charge in [0.15, 0.2) is 0 Å². The van der Waals surface area contributed by atoms with Crippen molar-refractivity contribution < 1.29 is 21.7 Å². The first-order chi connectivity index (χ1) is 17.7. The maximum atomic E-state index is 6.70. The first kappa shape index (κ1) is 26.8. The van der Waals surface area contributed by atoms with Crippen LogP contribution in [0, 0.1) is 0 Å². The van der Waals surface area contributed by atoms with Crippen LogP contribution in [0.25, 0.3) is 0 Å². The average Bonchev–Trinajstić information content (AvgIpc) is 2.95. The fourth-order valence-corrected chi connectivity index (χ4v) is 9.24. The van der Waals surface area contributed by atoms with E-state index in [1.165, 1.54) is 21.2 Å². The van der Waals surface area contributed by atoms with E-state index in [-0.39, 0.29) is 17.0 Å². The summed E-state index contributed by atoms with van der Waals surface area (Å²) in [5.74, 6) is 0.809. The van der Waals surface area contributed by atoms with E-state index < -0.39 is 7.26 Å². The molecule has 184 valence electrons. The van der Waals surface area contributed by atoms with Crippen molar-refractivity contribution >= 4 is 52.0 Å². The topological polar surface area (TPSA) is 21.6 Å². The summed E-state index contributed by atoms with van der Waals surface area (Å²) in [7, 11) is -0.635. The standard InChI is InChI=1S/C32H26ClNOP.BrH/c1-35-28-21-19-27(20-22-28)34-24-25-17-18-26(33)23-32(25)36(29-11-5-2-6-12-29,30-13-7-3-8-14-30)31-15-9-4-10-16-31;/h2-24H,1H3;1H/q+1;/p-1. The van der Waals surface area contributed by atoms with E-state index in [1.807, 2.05) is 36.5 Å². The van der Waals surface area contributed by atoms with E-state index >= 15 is 0 Å². The number of hydrogen-bond donors (Lipinski definition) is 0. The highest BCUT2D eigenvalue weighted by atomic mass is 79.9. The van der Waals surface area contributed by atoms with Crippen LogP contribution in [-0.4, -0.2) is 13.3 Å². The van der Waals surface area contributed by atoms with Crippen LogP contribution in [0.2, 0.25) is 5.02 Å². The SMILES string of the molecule is COc1ccc(N=Cc2ccc(Cl)cc2[P+](c2ccccc2)(c2ccccc2)c2ccccc2)cc1.[Br-]. The Balaban J connectivity index is 0.00000320. The third-order valence-corrected chi connectivity index (χ3v) is 10.8. The van der Waals surface area contributed by atoms with Gasteiger partial charge in [0.2, 0.25) is 0 Å². The van der Waals surface area contributed by atoms with Crippen LogP contribution in [0.4, 0.5) is 5.69 Å². The van der Waals surface area contributed by atoms with Crippen LogP contribution < -0.4 is 42.9 Å². The highest BCUT2D eigenvalue weighted by Gasteiger charge is 2.49. The third kappa shape index (κ3) is 5.55. The van der Waals surface area contributed by atoms with E-state index in [4.69, 9.17) is 21.3 Å². The number of aliphatic imine (C=N–C) groups is 1. The molecule has 0 aliphatic carbocycles. The molecule has 0 radical (unpaired) electrons. The van der Waals surface area contributed by atoms with Crippen LogP contribution in [0.1, 0.15) is 5.56 Å². The molecule has 0 amide bonds. The minimum absolute atomic E-state index is 0. The van der Waals surface area contributed by atoms with Crippen molar-refractivity contribution in [3.05, 3.63) is 144 Å². The molecule has 2 nitrogen and oxygen atoms in total. The second kappa shape index (κ2) is 12.3. The fourth-order valence-electron chi connectivity index (χ4n) is 4.55. The van der Waals surface area contributed by atoms with Gasteiger partial charge in [0, 0.05) is 22.9 Å². The van der Waals surface area contributed by atoms with Gasteiger partial charge in [0.05, 0.1) is 12.8 Å². The van der Waals surface area contributed by atoms with Gasteiger partial charge in [-0.25, -0.2) is 0 Å². The quantitative estimate of drug-likeness (QED) is 0.211. The summed E-state index contributed by atoms with van der Waals surface area (Å²) in [6.07, 6.45) is 1.96. The summed E-state index contributed by atoms with van der Waals surface area (Å²) >= 11 is 6.70. The predicted molar refractivity (Wildman–Crippen MR) is 156 cm³/mol. The molecule has 5 rings (SSSR count).